The molecular formula is C24H28ClN3O2. The molecule has 6 heteroatoms. The fourth-order valence-corrected chi connectivity index (χ4v) is 4.61. The average Bonchev–Trinajstić information content (AvgIpc) is 2.74. The molecule has 0 saturated carbocycles. The second-order valence-electron chi connectivity index (χ2n) is 8.27. The number of likely N-dealkylation sites (tertiary alicyclic amines) is 1. The highest BCUT2D eigenvalue weighted by molar-refractivity contribution is 6.34. The van der Waals surface area contributed by atoms with Gasteiger partial charge in [-0.1, -0.05) is 49.6 Å². The fourth-order valence-electron chi connectivity index (χ4n) is 4.35. The van der Waals surface area contributed by atoms with Crippen molar-refractivity contribution < 1.29 is 9.59 Å². The quantitative estimate of drug-likeness (QED) is 0.672. The Balaban J connectivity index is 1.39. The van der Waals surface area contributed by atoms with E-state index in [1.165, 1.54) is 24.8 Å². The van der Waals surface area contributed by atoms with Crippen molar-refractivity contribution in [2.45, 2.75) is 51.1 Å². The highest BCUT2D eigenvalue weighted by atomic mass is 35.5. The van der Waals surface area contributed by atoms with E-state index in [0.717, 1.165) is 17.7 Å². The standard InChI is InChI=1S/C24H28ClN3O2/c1-2-3-4-6-17-9-11-18(12-10-17)23(30)28-15-13-24(14-16-28)26-20-8-5-7-19(25)21(20)22(29)27-24/h5,7-12,26H,2-4,6,13-16H2,1H3,(H,27,29). The normalized spacial score (nSPS) is 17.3. The van der Waals surface area contributed by atoms with Crippen molar-refractivity contribution in [3.05, 3.63) is 64.2 Å². The number of aryl methyl sites for hydroxylation is 1. The van der Waals surface area contributed by atoms with Crippen molar-refractivity contribution in [3.8, 4) is 0 Å². The second kappa shape index (κ2) is 8.68. The molecule has 0 unspecified atom stereocenters. The SMILES string of the molecule is CCCCCc1ccc(C(=O)N2CCC3(CC2)NC(=O)c2c(Cl)cccc2N3)cc1. The van der Waals surface area contributed by atoms with Gasteiger partial charge in [0.2, 0.25) is 0 Å². The number of fused-ring (bicyclic) bond motifs is 1. The Bertz CT molecular complexity index is 934. The molecule has 2 aliphatic heterocycles. The second-order valence-corrected chi connectivity index (χ2v) is 8.68. The molecule has 0 radical (unpaired) electrons. The van der Waals surface area contributed by atoms with Gasteiger partial charge in [0.05, 0.1) is 16.3 Å². The minimum Gasteiger partial charge on any atom is -0.362 e. The van der Waals surface area contributed by atoms with Crippen molar-refractivity contribution in [1.29, 1.82) is 0 Å². The first-order chi connectivity index (χ1) is 14.5. The van der Waals surface area contributed by atoms with Crippen LogP contribution in [-0.4, -0.2) is 35.5 Å². The number of rotatable bonds is 5. The molecule has 4 rings (SSSR count). The van der Waals surface area contributed by atoms with Gasteiger partial charge in [-0.3, -0.25) is 9.59 Å². The molecule has 158 valence electrons. The highest BCUT2D eigenvalue weighted by Crippen LogP contribution is 2.34. The van der Waals surface area contributed by atoms with Crippen LogP contribution >= 0.6 is 11.6 Å². The molecule has 2 aromatic carbocycles. The lowest BCUT2D eigenvalue weighted by Crippen LogP contribution is -2.62. The fraction of sp³-hybridized carbons (Fsp3) is 0.417. The molecule has 5 nitrogen and oxygen atoms in total. The first-order valence-electron chi connectivity index (χ1n) is 10.8. The van der Waals surface area contributed by atoms with Crippen LogP contribution in [0.1, 0.15) is 65.3 Å². The maximum atomic E-state index is 13.0. The lowest BCUT2D eigenvalue weighted by molar-refractivity contribution is 0.0639. The molecule has 2 N–H and O–H groups in total. The van der Waals surface area contributed by atoms with E-state index < -0.39 is 5.66 Å². The van der Waals surface area contributed by atoms with Gasteiger partial charge >= 0.3 is 0 Å². The molecule has 1 saturated heterocycles. The third-order valence-electron chi connectivity index (χ3n) is 6.14. The zero-order valence-corrected chi connectivity index (χ0v) is 18.1. The molecular weight excluding hydrogens is 398 g/mol. The number of nitrogens with one attached hydrogen (secondary N) is 2. The van der Waals surface area contributed by atoms with Gasteiger partial charge in [-0.05, 0) is 42.7 Å². The first kappa shape index (κ1) is 20.7. The van der Waals surface area contributed by atoms with E-state index in [4.69, 9.17) is 11.6 Å². The minimum absolute atomic E-state index is 0.0514. The third-order valence-corrected chi connectivity index (χ3v) is 6.46. The van der Waals surface area contributed by atoms with Crippen molar-refractivity contribution in [3.63, 3.8) is 0 Å². The summed E-state index contributed by atoms with van der Waals surface area (Å²) in [6, 6.07) is 13.4. The van der Waals surface area contributed by atoms with Crippen molar-refractivity contribution >= 4 is 29.1 Å². The van der Waals surface area contributed by atoms with Gasteiger partial charge in [0.25, 0.3) is 11.8 Å². The summed E-state index contributed by atoms with van der Waals surface area (Å²) in [5, 5.41) is 6.99. The van der Waals surface area contributed by atoms with Crippen LogP contribution in [0.4, 0.5) is 5.69 Å². The molecule has 0 aliphatic carbocycles. The summed E-state index contributed by atoms with van der Waals surface area (Å²) in [4.78, 5) is 27.5. The van der Waals surface area contributed by atoms with Gasteiger partial charge < -0.3 is 15.5 Å². The number of unbranched alkanes of at least 4 members (excludes halogenated alkanes) is 2. The number of benzene rings is 2. The maximum absolute atomic E-state index is 13.0. The highest BCUT2D eigenvalue weighted by Gasteiger charge is 2.41. The lowest BCUT2D eigenvalue weighted by atomic mass is 9.92. The van der Waals surface area contributed by atoms with Crippen molar-refractivity contribution in [1.82, 2.24) is 10.2 Å². The summed E-state index contributed by atoms with van der Waals surface area (Å²) in [6.45, 7) is 3.37. The predicted molar refractivity (Wildman–Crippen MR) is 120 cm³/mol. The van der Waals surface area contributed by atoms with Crippen LogP contribution in [0, 0.1) is 0 Å². The van der Waals surface area contributed by atoms with Crippen LogP contribution in [0.2, 0.25) is 5.02 Å². The van der Waals surface area contributed by atoms with Crippen LogP contribution in [0.15, 0.2) is 42.5 Å². The number of hydrogen-bond acceptors (Lipinski definition) is 3. The number of nitrogens with zero attached hydrogens (tertiary/aromatic N) is 1. The zero-order valence-electron chi connectivity index (χ0n) is 17.3. The van der Waals surface area contributed by atoms with Crippen molar-refractivity contribution in [2.75, 3.05) is 18.4 Å². The first-order valence-corrected chi connectivity index (χ1v) is 11.2. The summed E-state index contributed by atoms with van der Waals surface area (Å²) in [5.74, 6) is -0.108. The molecule has 30 heavy (non-hydrogen) atoms. The lowest BCUT2D eigenvalue weighted by Gasteiger charge is -2.46. The van der Waals surface area contributed by atoms with Crippen LogP contribution in [0.3, 0.4) is 0 Å². The number of carbonyl (C=O) groups is 2. The third kappa shape index (κ3) is 4.17. The van der Waals surface area contributed by atoms with Gasteiger partial charge in [0, 0.05) is 31.5 Å². The number of hydrogen-bond donors (Lipinski definition) is 2. The van der Waals surface area contributed by atoms with Crippen LogP contribution in [0.5, 0.6) is 0 Å². The van der Waals surface area contributed by atoms with E-state index in [1.807, 2.05) is 29.2 Å². The molecule has 2 amide bonds. The summed E-state index contributed by atoms with van der Waals surface area (Å²) < 4.78 is 0. The maximum Gasteiger partial charge on any atom is 0.256 e. The number of piperidine rings is 1. The topological polar surface area (TPSA) is 61.4 Å². The summed E-state index contributed by atoms with van der Waals surface area (Å²) in [7, 11) is 0. The Morgan fingerprint density at radius 3 is 2.50 bits per heavy atom. The summed E-state index contributed by atoms with van der Waals surface area (Å²) in [6.07, 6.45) is 5.98. The summed E-state index contributed by atoms with van der Waals surface area (Å²) in [5.41, 5.74) is 2.72. The Labute approximate surface area is 182 Å². The molecule has 1 fully saturated rings. The number of anilines is 1. The van der Waals surface area contributed by atoms with Gasteiger partial charge in [-0.15, -0.1) is 0 Å². The van der Waals surface area contributed by atoms with E-state index in [0.29, 0.717) is 36.5 Å². The van der Waals surface area contributed by atoms with Gasteiger partial charge in [-0.25, -0.2) is 0 Å². The zero-order chi connectivity index (χ0) is 21.1. The van der Waals surface area contributed by atoms with Gasteiger partial charge in [0.1, 0.15) is 5.66 Å². The smallest absolute Gasteiger partial charge is 0.256 e. The predicted octanol–water partition coefficient (Wildman–Crippen LogP) is 4.86. The Morgan fingerprint density at radius 2 is 1.80 bits per heavy atom. The number of carbonyl (C=O) groups excluding carboxylic acids is 2. The average molecular weight is 426 g/mol. The largest absolute Gasteiger partial charge is 0.362 e. The number of amides is 2. The molecule has 0 atom stereocenters. The van der Waals surface area contributed by atoms with Gasteiger partial charge in [0.15, 0.2) is 0 Å². The van der Waals surface area contributed by atoms with E-state index in [9.17, 15) is 9.59 Å². The van der Waals surface area contributed by atoms with E-state index in [1.54, 1.807) is 6.07 Å². The molecule has 0 bridgehead atoms. The Hall–Kier alpha value is -2.53. The van der Waals surface area contributed by atoms with Crippen molar-refractivity contribution in [2.24, 2.45) is 0 Å². The summed E-state index contributed by atoms with van der Waals surface area (Å²) >= 11 is 6.19. The molecule has 0 aromatic heterocycles. The van der Waals surface area contributed by atoms with E-state index in [2.05, 4.69) is 29.7 Å². The van der Waals surface area contributed by atoms with Crippen LogP contribution in [-0.2, 0) is 6.42 Å². The Kier molecular flexibility index (Phi) is 6.00. The van der Waals surface area contributed by atoms with E-state index >= 15 is 0 Å². The van der Waals surface area contributed by atoms with Crippen LogP contribution < -0.4 is 10.6 Å². The van der Waals surface area contributed by atoms with Crippen LogP contribution in [0.25, 0.3) is 0 Å². The molecule has 2 heterocycles. The molecule has 1 spiro atoms. The Morgan fingerprint density at radius 1 is 1.07 bits per heavy atom. The minimum atomic E-state index is -0.533. The number of halogens is 1. The molecule has 2 aliphatic rings. The molecule has 2 aromatic rings. The van der Waals surface area contributed by atoms with Gasteiger partial charge in [-0.2, -0.15) is 0 Å². The monoisotopic (exact) mass is 425 g/mol. The van der Waals surface area contributed by atoms with E-state index in [-0.39, 0.29) is 11.8 Å².